The fraction of sp³-hybridized carbons (Fsp3) is 0.455. The number of hydrogen-bond acceptors (Lipinski definition) is 1. The lowest BCUT2D eigenvalue weighted by Crippen LogP contribution is -2.30. The molecule has 0 saturated heterocycles. The quantitative estimate of drug-likeness (QED) is 0.759. The van der Waals surface area contributed by atoms with Gasteiger partial charge >= 0.3 is 0 Å². The number of alkyl halides is 1. The Labute approximate surface area is 78.8 Å². The standard InChI is InChI=1S/C11H16FN/c1-2-8-11(12,9-13)10-6-4-3-5-7-10/h3-7H,2,8-9,13H2,1H3/t11-/m0/s1. The average Bonchev–Trinajstić information content (AvgIpc) is 2.19. The highest BCUT2D eigenvalue weighted by Crippen LogP contribution is 2.29. The zero-order valence-electron chi connectivity index (χ0n) is 7.96. The van der Waals surface area contributed by atoms with E-state index in [1.807, 2.05) is 25.1 Å². The van der Waals surface area contributed by atoms with Gasteiger partial charge in [-0.25, -0.2) is 4.39 Å². The van der Waals surface area contributed by atoms with Crippen molar-refractivity contribution >= 4 is 0 Å². The second-order valence-corrected chi connectivity index (χ2v) is 3.29. The molecule has 2 N–H and O–H groups in total. The molecule has 1 atom stereocenters. The summed E-state index contributed by atoms with van der Waals surface area (Å²) in [5.74, 6) is 0. The highest BCUT2D eigenvalue weighted by atomic mass is 19.1. The van der Waals surface area contributed by atoms with Crippen molar-refractivity contribution in [2.75, 3.05) is 6.54 Å². The van der Waals surface area contributed by atoms with Crippen molar-refractivity contribution in [1.29, 1.82) is 0 Å². The minimum Gasteiger partial charge on any atom is -0.327 e. The van der Waals surface area contributed by atoms with Crippen LogP contribution < -0.4 is 5.73 Å². The molecular formula is C11H16FN. The summed E-state index contributed by atoms with van der Waals surface area (Å²) >= 11 is 0. The summed E-state index contributed by atoms with van der Waals surface area (Å²) in [7, 11) is 0. The molecule has 0 aliphatic rings. The van der Waals surface area contributed by atoms with E-state index in [9.17, 15) is 4.39 Å². The van der Waals surface area contributed by atoms with E-state index in [0.717, 1.165) is 6.42 Å². The summed E-state index contributed by atoms with van der Waals surface area (Å²) in [6.45, 7) is 2.03. The lowest BCUT2D eigenvalue weighted by atomic mass is 9.91. The van der Waals surface area contributed by atoms with Crippen LogP contribution in [0.5, 0.6) is 0 Å². The van der Waals surface area contributed by atoms with Crippen LogP contribution in [0.1, 0.15) is 25.3 Å². The Hall–Kier alpha value is -0.890. The number of benzene rings is 1. The summed E-state index contributed by atoms with van der Waals surface area (Å²) in [6.07, 6.45) is 1.30. The van der Waals surface area contributed by atoms with E-state index in [0.29, 0.717) is 12.0 Å². The minimum atomic E-state index is -1.34. The number of hydrogen-bond donors (Lipinski definition) is 1. The van der Waals surface area contributed by atoms with E-state index in [1.165, 1.54) is 0 Å². The third-order valence-corrected chi connectivity index (χ3v) is 2.26. The van der Waals surface area contributed by atoms with Crippen molar-refractivity contribution in [2.24, 2.45) is 5.73 Å². The van der Waals surface area contributed by atoms with Crippen molar-refractivity contribution in [2.45, 2.75) is 25.4 Å². The van der Waals surface area contributed by atoms with Crippen LogP contribution in [0.3, 0.4) is 0 Å². The topological polar surface area (TPSA) is 26.0 Å². The van der Waals surface area contributed by atoms with Crippen molar-refractivity contribution < 1.29 is 4.39 Å². The molecule has 1 aromatic carbocycles. The van der Waals surface area contributed by atoms with Crippen molar-refractivity contribution in [3.05, 3.63) is 35.9 Å². The van der Waals surface area contributed by atoms with Gasteiger partial charge in [0.2, 0.25) is 0 Å². The molecule has 1 aromatic rings. The molecule has 0 amide bonds. The van der Waals surface area contributed by atoms with Crippen molar-refractivity contribution in [3.63, 3.8) is 0 Å². The molecule has 0 spiro atoms. The molecule has 2 heteroatoms. The van der Waals surface area contributed by atoms with Gasteiger partial charge in [-0.15, -0.1) is 0 Å². The first-order valence-corrected chi connectivity index (χ1v) is 4.67. The van der Waals surface area contributed by atoms with Crippen LogP contribution in [0.15, 0.2) is 30.3 Å². The zero-order chi connectivity index (χ0) is 9.73. The SMILES string of the molecule is CCC[C@](F)(CN)c1ccccc1. The highest BCUT2D eigenvalue weighted by molar-refractivity contribution is 5.22. The van der Waals surface area contributed by atoms with Gasteiger partial charge in [0.15, 0.2) is 0 Å². The largest absolute Gasteiger partial charge is 0.327 e. The van der Waals surface area contributed by atoms with E-state index >= 15 is 0 Å². The number of rotatable bonds is 4. The molecule has 13 heavy (non-hydrogen) atoms. The Bertz CT molecular complexity index is 248. The Morgan fingerprint density at radius 1 is 1.31 bits per heavy atom. The lowest BCUT2D eigenvalue weighted by molar-refractivity contribution is 0.159. The van der Waals surface area contributed by atoms with Crippen molar-refractivity contribution in [3.8, 4) is 0 Å². The first kappa shape index (κ1) is 10.2. The summed E-state index contributed by atoms with van der Waals surface area (Å²) < 4.78 is 14.1. The minimum absolute atomic E-state index is 0.0604. The van der Waals surface area contributed by atoms with Gasteiger partial charge in [0.1, 0.15) is 5.67 Å². The van der Waals surface area contributed by atoms with Gasteiger partial charge in [-0.1, -0.05) is 43.7 Å². The summed E-state index contributed by atoms with van der Waals surface area (Å²) in [5, 5.41) is 0. The van der Waals surface area contributed by atoms with Gasteiger partial charge in [0.25, 0.3) is 0 Å². The van der Waals surface area contributed by atoms with E-state index in [-0.39, 0.29) is 6.54 Å². The molecule has 0 aliphatic carbocycles. The Morgan fingerprint density at radius 3 is 2.38 bits per heavy atom. The van der Waals surface area contributed by atoms with E-state index < -0.39 is 5.67 Å². The summed E-state index contributed by atoms with van der Waals surface area (Å²) in [5.41, 5.74) is 4.81. The number of nitrogens with two attached hydrogens (primary N) is 1. The third-order valence-electron chi connectivity index (χ3n) is 2.26. The molecular weight excluding hydrogens is 165 g/mol. The van der Waals surface area contributed by atoms with Gasteiger partial charge in [-0.2, -0.15) is 0 Å². The van der Waals surface area contributed by atoms with E-state index in [4.69, 9.17) is 5.73 Å². The van der Waals surface area contributed by atoms with Crippen LogP contribution in [-0.2, 0) is 5.67 Å². The smallest absolute Gasteiger partial charge is 0.148 e. The molecule has 72 valence electrons. The molecule has 0 heterocycles. The fourth-order valence-electron chi connectivity index (χ4n) is 1.50. The first-order chi connectivity index (χ1) is 6.23. The molecule has 0 bridgehead atoms. The first-order valence-electron chi connectivity index (χ1n) is 4.67. The molecule has 0 unspecified atom stereocenters. The van der Waals surface area contributed by atoms with Crippen LogP contribution in [-0.4, -0.2) is 6.54 Å². The fourth-order valence-corrected chi connectivity index (χ4v) is 1.50. The highest BCUT2D eigenvalue weighted by Gasteiger charge is 2.28. The summed E-state index contributed by atoms with van der Waals surface area (Å²) in [4.78, 5) is 0. The van der Waals surface area contributed by atoms with Crippen LogP contribution in [0.25, 0.3) is 0 Å². The second-order valence-electron chi connectivity index (χ2n) is 3.29. The Kier molecular flexibility index (Phi) is 3.43. The molecule has 0 aromatic heterocycles. The van der Waals surface area contributed by atoms with E-state index in [1.54, 1.807) is 12.1 Å². The van der Waals surface area contributed by atoms with Gasteiger partial charge in [-0.3, -0.25) is 0 Å². The maximum absolute atomic E-state index is 14.1. The maximum atomic E-state index is 14.1. The maximum Gasteiger partial charge on any atom is 0.148 e. The van der Waals surface area contributed by atoms with Crippen LogP contribution in [0.4, 0.5) is 4.39 Å². The second kappa shape index (κ2) is 4.38. The Balaban J connectivity index is 2.89. The molecule has 0 aliphatic heterocycles. The molecule has 1 nitrogen and oxygen atoms in total. The predicted molar refractivity (Wildman–Crippen MR) is 53.2 cm³/mol. The van der Waals surface area contributed by atoms with Crippen LogP contribution in [0.2, 0.25) is 0 Å². The van der Waals surface area contributed by atoms with Gasteiger partial charge in [0.05, 0.1) is 0 Å². The van der Waals surface area contributed by atoms with Gasteiger partial charge in [0, 0.05) is 6.54 Å². The summed E-state index contributed by atoms with van der Waals surface area (Å²) in [6, 6.07) is 9.15. The molecule has 1 rings (SSSR count). The van der Waals surface area contributed by atoms with Gasteiger partial charge < -0.3 is 5.73 Å². The third kappa shape index (κ3) is 2.28. The van der Waals surface area contributed by atoms with Gasteiger partial charge in [-0.05, 0) is 12.0 Å². The monoisotopic (exact) mass is 181 g/mol. The molecule has 0 fully saturated rings. The van der Waals surface area contributed by atoms with Crippen LogP contribution >= 0.6 is 0 Å². The molecule has 0 saturated carbocycles. The normalized spacial score (nSPS) is 15.3. The zero-order valence-corrected chi connectivity index (χ0v) is 7.96. The lowest BCUT2D eigenvalue weighted by Gasteiger charge is -2.23. The van der Waals surface area contributed by atoms with Crippen LogP contribution in [0, 0.1) is 0 Å². The average molecular weight is 181 g/mol. The Morgan fingerprint density at radius 2 is 1.92 bits per heavy atom. The number of halogens is 1. The van der Waals surface area contributed by atoms with Crippen molar-refractivity contribution in [1.82, 2.24) is 0 Å². The predicted octanol–water partition coefficient (Wildman–Crippen LogP) is 2.61. The van der Waals surface area contributed by atoms with E-state index in [2.05, 4.69) is 0 Å². The molecule has 0 radical (unpaired) electrons.